The predicted molar refractivity (Wildman–Crippen MR) is 75.2 cm³/mol. The van der Waals surface area contributed by atoms with Gasteiger partial charge in [-0.25, -0.2) is 0 Å². The molecule has 0 fully saturated rings. The zero-order valence-corrected chi connectivity index (χ0v) is 11.9. The molecule has 0 aliphatic heterocycles. The SMILES string of the molecule is CCN(CC)CCNCc1ccc(CC(=O)O)s1. The molecule has 1 heterocycles. The van der Waals surface area contributed by atoms with E-state index in [-0.39, 0.29) is 6.42 Å². The van der Waals surface area contributed by atoms with Crippen molar-refractivity contribution in [1.82, 2.24) is 10.2 Å². The molecule has 0 unspecified atom stereocenters. The lowest BCUT2D eigenvalue weighted by molar-refractivity contribution is -0.136. The minimum Gasteiger partial charge on any atom is -0.481 e. The second-order valence-corrected chi connectivity index (χ2v) is 5.40. The standard InChI is InChI=1S/C13H22N2O2S/c1-3-15(4-2)8-7-14-10-12-6-5-11(18-12)9-13(16)17/h5-6,14H,3-4,7-10H2,1-2H3,(H,16,17). The number of carbonyl (C=O) groups is 1. The second-order valence-electron chi connectivity index (χ2n) is 4.14. The normalized spacial score (nSPS) is 11.1. The van der Waals surface area contributed by atoms with Gasteiger partial charge in [0.05, 0.1) is 6.42 Å². The monoisotopic (exact) mass is 270 g/mol. The lowest BCUT2D eigenvalue weighted by Crippen LogP contribution is -2.31. The Bertz CT molecular complexity index is 362. The van der Waals surface area contributed by atoms with Crippen molar-refractivity contribution in [2.75, 3.05) is 26.2 Å². The van der Waals surface area contributed by atoms with Crippen LogP contribution in [-0.2, 0) is 17.8 Å². The molecule has 0 aliphatic carbocycles. The molecule has 0 bridgehead atoms. The maximum Gasteiger partial charge on any atom is 0.308 e. The summed E-state index contributed by atoms with van der Waals surface area (Å²) in [6, 6.07) is 3.91. The third-order valence-corrected chi connectivity index (χ3v) is 3.93. The van der Waals surface area contributed by atoms with Crippen LogP contribution in [0.25, 0.3) is 0 Å². The number of hydrogen-bond donors (Lipinski definition) is 2. The molecule has 0 saturated heterocycles. The van der Waals surface area contributed by atoms with Crippen molar-refractivity contribution in [3.8, 4) is 0 Å². The fourth-order valence-corrected chi connectivity index (χ4v) is 2.73. The summed E-state index contributed by atoms with van der Waals surface area (Å²) in [5.41, 5.74) is 0. The summed E-state index contributed by atoms with van der Waals surface area (Å²) in [4.78, 5) is 15.1. The van der Waals surface area contributed by atoms with Crippen molar-refractivity contribution in [3.63, 3.8) is 0 Å². The molecule has 1 aromatic rings. The first-order valence-electron chi connectivity index (χ1n) is 6.38. The van der Waals surface area contributed by atoms with Crippen molar-refractivity contribution in [1.29, 1.82) is 0 Å². The summed E-state index contributed by atoms with van der Waals surface area (Å²) in [7, 11) is 0. The minimum absolute atomic E-state index is 0.129. The maximum atomic E-state index is 10.6. The highest BCUT2D eigenvalue weighted by Gasteiger charge is 2.04. The molecule has 0 saturated carbocycles. The number of aliphatic carboxylic acids is 1. The van der Waals surface area contributed by atoms with Crippen LogP contribution >= 0.6 is 11.3 Å². The van der Waals surface area contributed by atoms with Gasteiger partial charge in [-0.1, -0.05) is 13.8 Å². The lowest BCUT2D eigenvalue weighted by Gasteiger charge is -2.17. The third-order valence-electron chi connectivity index (χ3n) is 2.84. The number of carboxylic acids is 1. The van der Waals surface area contributed by atoms with Crippen LogP contribution in [-0.4, -0.2) is 42.2 Å². The average molecular weight is 270 g/mol. The van der Waals surface area contributed by atoms with Crippen LogP contribution in [0.3, 0.4) is 0 Å². The van der Waals surface area contributed by atoms with Crippen molar-refractivity contribution in [3.05, 3.63) is 21.9 Å². The van der Waals surface area contributed by atoms with E-state index in [2.05, 4.69) is 24.1 Å². The van der Waals surface area contributed by atoms with Gasteiger partial charge in [0, 0.05) is 29.4 Å². The Hall–Kier alpha value is -0.910. The Labute approximate surface area is 113 Å². The number of hydrogen-bond acceptors (Lipinski definition) is 4. The van der Waals surface area contributed by atoms with Crippen molar-refractivity contribution >= 4 is 17.3 Å². The van der Waals surface area contributed by atoms with E-state index < -0.39 is 5.97 Å². The van der Waals surface area contributed by atoms with E-state index in [1.54, 1.807) is 11.3 Å². The molecule has 2 N–H and O–H groups in total. The highest BCUT2D eigenvalue weighted by Crippen LogP contribution is 2.16. The van der Waals surface area contributed by atoms with Crippen molar-refractivity contribution in [2.45, 2.75) is 26.8 Å². The minimum atomic E-state index is -0.766. The number of carboxylic acid groups (broad SMARTS) is 1. The number of thiophene rings is 1. The highest BCUT2D eigenvalue weighted by atomic mass is 32.1. The molecular formula is C13H22N2O2S. The van der Waals surface area contributed by atoms with E-state index in [1.807, 2.05) is 12.1 Å². The summed E-state index contributed by atoms with van der Waals surface area (Å²) < 4.78 is 0. The Kier molecular flexibility index (Phi) is 6.93. The second kappa shape index (κ2) is 8.24. The molecule has 0 spiro atoms. The molecule has 5 heteroatoms. The Morgan fingerprint density at radius 3 is 2.61 bits per heavy atom. The molecule has 4 nitrogen and oxygen atoms in total. The fraction of sp³-hybridized carbons (Fsp3) is 0.615. The topological polar surface area (TPSA) is 52.6 Å². The maximum absolute atomic E-state index is 10.6. The number of nitrogens with zero attached hydrogens (tertiary/aromatic N) is 1. The summed E-state index contributed by atoms with van der Waals surface area (Å²) in [5, 5.41) is 12.1. The van der Waals surface area contributed by atoms with Gasteiger partial charge in [0.2, 0.25) is 0 Å². The van der Waals surface area contributed by atoms with E-state index in [0.29, 0.717) is 0 Å². The van der Waals surface area contributed by atoms with E-state index in [9.17, 15) is 4.79 Å². The van der Waals surface area contributed by atoms with Gasteiger partial charge in [-0.2, -0.15) is 0 Å². The van der Waals surface area contributed by atoms with E-state index in [0.717, 1.165) is 37.6 Å². The fourth-order valence-electron chi connectivity index (χ4n) is 1.75. The number of rotatable bonds is 9. The van der Waals surface area contributed by atoms with Crippen LogP contribution < -0.4 is 5.32 Å². The van der Waals surface area contributed by atoms with Crippen LogP contribution in [0.5, 0.6) is 0 Å². The van der Waals surface area contributed by atoms with E-state index in [1.165, 1.54) is 4.88 Å². The molecule has 0 atom stereocenters. The first-order valence-corrected chi connectivity index (χ1v) is 7.19. The van der Waals surface area contributed by atoms with Gasteiger partial charge in [0.25, 0.3) is 0 Å². The number of nitrogens with one attached hydrogen (secondary N) is 1. The molecule has 1 aromatic heterocycles. The molecule has 102 valence electrons. The van der Waals surface area contributed by atoms with Crippen LogP contribution in [0.4, 0.5) is 0 Å². The Morgan fingerprint density at radius 2 is 2.00 bits per heavy atom. The van der Waals surface area contributed by atoms with Gasteiger partial charge in [-0.05, 0) is 25.2 Å². The van der Waals surface area contributed by atoms with Gasteiger partial charge in [0.1, 0.15) is 0 Å². The van der Waals surface area contributed by atoms with E-state index in [4.69, 9.17) is 5.11 Å². The van der Waals surface area contributed by atoms with E-state index >= 15 is 0 Å². The quantitative estimate of drug-likeness (QED) is 0.672. The lowest BCUT2D eigenvalue weighted by atomic mass is 10.3. The highest BCUT2D eigenvalue weighted by molar-refractivity contribution is 7.12. The van der Waals surface area contributed by atoms with Crippen LogP contribution in [0.1, 0.15) is 23.6 Å². The molecule has 1 rings (SSSR count). The van der Waals surface area contributed by atoms with Gasteiger partial charge < -0.3 is 15.3 Å². The first kappa shape index (κ1) is 15.1. The van der Waals surface area contributed by atoms with Gasteiger partial charge in [0.15, 0.2) is 0 Å². The summed E-state index contributed by atoms with van der Waals surface area (Å²) in [6.07, 6.45) is 0.129. The van der Waals surface area contributed by atoms with Crippen LogP contribution in [0.15, 0.2) is 12.1 Å². The third kappa shape index (κ3) is 5.62. The van der Waals surface area contributed by atoms with Crippen molar-refractivity contribution < 1.29 is 9.90 Å². The zero-order chi connectivity index (χ0) is 13.4. The largest absolute Gasteiger partial charge is 0.481 e. The molecular weight excluding hydrogens is 248 g/mol. The summed E-state index contributed by atoms with van der Waals surface area (Å²) >= 11 is 1.57. The first-order chi connectivity index (χ1) is 8.65. The summed E-state index contributed by atoms with van der Waals surface area (Å²) in [5.74, 6) is -0.766. The molecule has 0 radical (unpaired) electrons. The molecule has 18 heavy (non-hydrogen) atoms. The average Bonchev–Trinajstić information content (AvgIpc) is 2.76. The Balaban J connectivity index is 2.23. The van der Waals surface area contributed by atoms with Gasteiger partial charge in [-0.3, -0.25) is 4.79 Å². The summed E-state index contributed by atoms with van der Waals surface area (Å²) in [6.45, 7) is 9.35. The van der Waals surface area contributed by atoms with Gasteiger partial charge in [-0.15, -0.1) is 11.3 Å². The van der Waals surface area contributed by atoms with Crippen LogP contribution in [0.2, 0.25) is 0 Å². The molecule has 0 aliphatic rings. The van der Waals surface area contributed by atoms with Crippen LogP contribution in [0, 0.1) is 0 Å². The molecule has 0 amide bonds. The Morgan fingerprint density at radius 1 is 1.33 bits per heavy atom. The predicted octanol–water partition coefficient (Wildman–Crippen LogP) is 1.81. The van der Waals surface area contributed by atoms with Crippen molar-refractivity contribution in [2.24, 2.45) is 0 Å². The molecule has 0 aromatic carbocycles. The smallest absolute Gasteiger partial charge is 0.308 e. The number of likely N-dealkylation sites (N-methyl/N-ethyl adjacent to an activating group) is 1. The zero-order valence-electron chi connectivity index (χ0n) is 11.1. The van der Waals surface area contributed by atoms with Gasteiger partial charge >= 0.3 is 5.97 Å².